The zero-order valence-electron chi connectivity index (χ0n) is 18.4. The van der Waals surface area contributed by atoms with E-state index in [2.05, 4.69) is 21.9 Å². The van der Waals surface area contributed by atoms with Crippen LogP contribution in [-0.4, -0.2) is 70.6 Å². The number of anilines is 2. The molecular weight excluding hydrogens is 414 g/mol. The smallest absolute Gasteiger partial charge is 0.232 e. The summed E-state index contributed by atoms with van der Waals surface area (Å²) >= 11 is 0. The Bertz CT molecular complexity index is 1020. The van der Waals surface area contributed by atoms with Crippen molar-refractivity contribution in [2.45, 2.75) is 25.5 Å². The largest absolute Gasteiger partial charge is 0.497 e. The molecule has 7 nitrogen and oxygen atoms in total. The maximum Gasteiger partial charge on any atom is 0.232 e. The van der Waals surface area contributed by atoms with E-state index in [1.807, 2.05) is 37.3 Å². The van der Waals surface area contributed by atoms with Crippen molar-refractivity contribution in [3.63, 3.8) is 0 Å². The number of aliphatic hydroxyl groups excluding tert-OH is 1. The maximum atomic E-state index is 12.1. The molecule has 0 aromatic heterocycles. The molecule has 2 aliphatic heterocycles. The first-order valence-electron chi connectivity index (χ1n) is 10.7. The van der Waals surface area contributed by atoms with Crippen LogP contribution in [-0.2, 0) is 16.4 Å². The molecule has 2 aromatic rings. The van der Waals surface area contributed by atoms with Gasteiger partial charge in [0.1, 0.15) is 5.75 Å². The van der Waals surface area contributed by atoms with Crippen LogP contribution in [0.25, 0.3) is 0 Å². The lowest BCUT2D eigenvalue weighted by Gasteiger charge is -2.37. The molecule has 31 heavy (non-hydrogen) atoms. The van der Waals surface area contributed by atoms with Gasteiger partial charge in [0, 0.05) is 44.5 Å². The van der Waals surface area contributed by atoms with E-state index >= 15 is 0 Å². The highest BCUT2D eigenvalue weighted by Gasteiger charge is 2.33. The van der Waals surface area contributed by atoms with Gasteiger partial charge in [-0.3, -0.25) is 9.21 Å². The molecule has 1 N–H and O–H groups in total. The summed E-state index contributed by atoms with van der Waals surface area (Å²) in [6.45, 7) is 6.06. The summed E-state index contributed by atoms with van der Waals surface area (Å²) in [5, 5.41) is 10.8. The molecule has 0 amide bonds. The topological polar surface area (TPSA) is 73.3 Å². The van der Waals surface area contributed by atoms with Gasteiger partial charge in [0.25, 0.3) is 0 Å². The number of hydrogen-bond donors (Lipinski definition) is 1. The SMILES string of the molecule is COc1ccc(N2CCN(C[C@H](O)c3ccc4c(c3)C[C@@H](C)N4S(C)(=O)=O)CC2)cc1. The van der Waals surface area contributed by atoms with Crippen LogP contribution in [0.2, 0.25) is 0 Å². The lowest BCUT2D eigenvalue weighted by atomic mass is 10.0. The zero-order chi connectivity index (χ0) is 22.2. The Kier molecular flexibility index (Phi) is 6.14. The molecule has 0 saturated carbocycles. The van der Waals surface area contributed by atoms with E-state index in [4.69, 9.17) is 4.74 Å². The van der Waals surface area contributed by atoms with Gasteiger partial charge in [-0.25, -0.2) is 8.42 Å². The van der Waals surface area contributed by atoms with Crippen LogP contribution in [0.4, 0.5) is 11.4 Å². The van der Waals surface area contributed by atoms with E-state index in [9.17, 15) is 13.5 Å². The lowest BCUT2D eigenvalue weighted by Crippen LogP contribution is -2.47. The van der Waals surface area contributed by atoms with E-state index < -0.39 is 16.1 Å². The highest BCUT2D eigenvalue weighted by Crippen LogP contribution is 2.36. The fraction of sp³-hybridized carbons (Fsp3) is 0.478. The van der Waals surface area contributed by atoms with E-state index in [1.165, 1.54) is 16.2 Å². The van der Waals surface area contributed by atoms with Gasteiger partial charge >= 0.3 is 0 Å². The number of piperazine rings is 1. The van der Waals surface area contributed by atoms with Crippen molar-refractivity contribution in [3.8, 4) is 5.75 Å². The average molecular weight is 446 g/mol. The summed E-state index contributed by atoms with van der Waals surface area (Å²) < 4.78 is 30.9. The fourth-order valence-corrected chi connectivity index (χ4v) is 5.93. The van der Waals surface area contributed by atoms with Gasteiger partial charge in [0.2, 0.25) is 10.0 Å². The molecule has 8 heteroatoms. The zero-order valence-corrected chi connectivity index (χ0v) is 19.2. The molecule has 0 bridgehead atoms. The van der Waals surface area contributed by atoms with Crippen LogP contribution in [0.15, 0.2) is 42.5 Å². The van der Waals surface area contributed by atoms with Crippen LogP contribution in [0.5, 0.6) is 5.75 Å². The standard InChI is InChI=1S/C23H31N3O4S/c1-17-14-19-15-18(4-9-22(19)26(17)31(3,28)29)23(27)16-24-10-12-25(13-11-24)20-5-7-21(30-2)8-6-20/h4-9,15,17,23,27H,10-14,16H2,1-3H3/t17-,23+/m1/s1. The molecule has 1 saturated heterocycles. The van der Waals surface area contributed by atoms with Gasteiger partial charge in [-0.05, 0) is 54.8 Å². The number of aliphatic hydroxyl groups is 1. The Balaban J connectivity index is 1.36. The van der Waals surface area contributed by atoms with Crippen molar-refractivity contribution < 1.29 is 18.3 Å². The normalized spacial score (nSPS) is 20.6. The summed E-state index contributed by atoms with van der Waals surface area (Å²) in [5.41, 5.74) is 3.75. The minimum Gasteiger partial charge on any atom is -0.497 e. The number of ether oxygens (including phenoxy) is 1. The van der Waals surface area contributed by atoms with Gasteiger partial charge < -0.3 is 14.7 Å². The first-order chi connectivity index (χ1) is 14.8. The Hall–Kier alpha value is -2.29. The maximum absolute atomic E-state index is 12.1. The van der Waals surface area contributed by atoms with Crippen LogP contribution in [0.1, 0.15) is 24.2 Å². The first kappa shape index (κ1) is 21.9. The molecule has 2 heterocycles. The van der Waals surface area contributed by atoms with Crippen LogP contribution >= 0.6 is 0 Å². The van der Waals surface area contributed by atoms with Crippen molar-refractivity contribution in [1.29, 1.82) is 0 Å². The third kappa shape index (κ3) is 4.66. The monoisotopic (exact) mass is 445 g/mol. The average Bonchev–Trinajstić information content (AvgIpc) is 3.09. The van der Waals surface area contributed by atoms with Crippen molar-refractivity contribution in [2.75, 3.05) is 55.3 Å². The Morgan fingerprint density at radius 2 is 1.77 bits per heavy atom. The van der Waals surface area contributed by atoms with Crippen LogP contribution in [0.3, 0.4) is 0 Å². The summed E-state index contributed by atoms with van der Waals surface area (Å²) in [4.78, 5) is 4.63. The molecule has 168 valence electrons. The molecule has 0 spiro atoms. The van der Waals surface area contributed by atoms with Gasteiger partial charge in [-0.1, -0.05) is 12.1 Å². The van der Waals surface area contributed by atoms with E-state index in [0.29, 0.717) is 13.0 Å². The molecule has 2 aliphatic rings. The molecule has 0 unspecified atom stereocenters. The minimum absolute atomic E-state index is 0.0941. The van der Waals surface area contributed by atoms with Crippen molar-refractivity contribution in [2.24, 2.45) is 0 Å². The molecule has 0 aliphatic carbocycles. The third-order valence-electron chi connectivity index (χ3n) is 6.24. The molecule has 2 atom stereocenters. The predicted octanol–water partition coefficient (Wildman–Crippen LogP) is 2.26. The number of fused-ring (bicyclic) bond motifs is 1. The fourth-order valence-electron chi connectivity index (χ4n) is 4.67. The quantitative estimate of drug-likeness (QED) is 0.735. The van der Waals surface area contributed by atoms with Crippen molar-refractivity contribution in [3.05, 3.63) is 53.6 Å². The number of rotatable bonds is 6. The number of hydrogen-bond acceptors (Lipinski definition) is 6. The lowest BCUT2D eigenvalue weighted by molar-refractivity contribution is 0.109. The summed E-state index contributed by atoms with van der Waals surface area (Å²) in [6, 6.07) is 13.7. The Morgan fingerprint density at radius 1 is 1.10 bits per heavy atom. The second-order valence-corrected chi connectivity index (χ2v) is 10.4. The van der Waals surface area contributed by atoms with E-state index in [1.54, 1.807) is 7.11 Å². The van der Waals surface area contributed by atoms with Crippen LogP contribution < -0.4 is 13.9 Å². The number of benzene rings is 2. The molecule has 1 fully saturated rings. The Morgan fingerprint density at radius 3 is 2.39 bits per heavy atom. The number of β-amino-alcohol motifs (C(OH)–C–C–N with tert-alkyl or cyclic N) is 1. The number of methoxy groups -OCH3 is 1. The number of sulfonamides is 1. The number of nitrogens with zero attached hydrogens (tertiary/aromatic N) is 3. The molecular formula is C23H31N3O4S. The highest BCUT2D eigenvalue weighted by molar-refractivity contribution is 7.92. The third-order valence-corrected chi connectivity index (χ3v) is 7.51. The van der Waals surface area contributed by atoms with E-state index in [0.717, 1.165) is 48.7 Å². The molecule has 2 aromatic carbocycles. The molecule has 4 rings (SSSR count). The predicted molar refractivity (Wildman–Crippen MR) is 124 cm³/mol. The van der Waals surface area contributed by atoms with Gasteiger partial charge in [0.05, 0.1) is 25.2 Å². The van der Waals surface area contributed by atoms with Gasteiger partial charge in [-0.15, -0.1) is 0 Å². The summed E-state index contributed by atoms with van der Waals surface area (Å²) in [6.07, 6.45) is 1.32. The molecule has 0 radical (unpaired) electrons. The van der Waals surface area contributed by atoms with Crippen molar-refractivity contribution in [1.82, 2.24) is 4.90 Å². The highest BCUT2D eigenvalue weighted by atomic mass is 32.2. The second kappa shape index (κ2) is 8.68. The van der Waals surface area contributed by atoms with Crippen molar-refractivity contribution >= 4 is 21.4 Å². The Labute approximate surface area is 184 Å². The van der Waals surface area contributed by atoms with E-state index in [-0.39, 0.29) is 6.04 Å². The summed E-state index contributed by atoms with van der Waals surface area (Å²) in [7, 11) is -1.63. The second-order valence-electron chi connectivity index (χ2n) is 8.50. The minimum atomic E-state index is -3.30. The first-order valence-corrected chi connectivity index (χ1v) is 12.5. The van der Waals surface area contributed by atoms with Gasteiger partial charge in [-0.2, -0.15) is 0 Å². The van der Waals surface area contributed by atoms with Gasteiger partial charge in [0.15, 0.2) is 0 Å². The summed E-state index contributed by atoms with van der Waals surface area (Å²) in [5.74, 6) is 0.855. The van der Waals surface area contributed by atoms with Crippen LogP contribution in [0, 0.1) is 0 Å².